The van der Waals surface area contributed by atoms with Crippen molar-refractivity contribution in [2.75, 3.05) is 38.1 Å². The van der Waals surface area contributed by atoms with E-state index in [4.69, 9.17) is 18.9 Å². The Balaban J connectivity index is 2.23. The Hall–Kier alpha value is -3.58. The molecule has 1 unspecified atom stereocenters. The van der Waals surface area contributed by atoms with Gasteiger partial charge in [-0.15, -0.1) is 0 Å². The van der Waals surface area contributed by atoms with Crippen LogP contribution in [-0.2, 0) is 14.4 Å². The molecule has 2 aromatic rings. The molecule has 0 bridgehead atoms. The van der Waals surface area contributed by atoms with Gasteiger partial charge in [-0.3, -0.25) is 20.2 Å². The summed E-state index contributed by atoms with van der Waals surface area (Å²) in [5.41, 5.74) is -3.65. The van der Waals surface area contributed by atoms with Crippen LogP contribution in [0.2, 0.25) is 0 Å². The van der Waals surface area contributed by atoms with Crippen molar-refractivity contribution >= 4 is 37.5 Å². The van der Waals surface area contributed by atoms with Crippen molar-refractivity contribution in [3.8, 4) is 11.5 Å². The van der Waals surface area contributed by atoms with E-state index in [2.05, 4.69) is 0 Å². The summed E-state index contributed by atoms with van der Waals surface area (Å²) >= 11 is 0. The smallest absolute Gasteiger partial charge is 0.349 e. The number of nitrogens with zero attached hydrogens (tertiary/aromatic N) is 3. The topological polar surface area (TPSA) is 232 Å². The zero-order valence-corrected chi connectivity index (χ0v) is 21.0. The summed E-state index contributed by atoms with van der Waals surface area (Å²) in [5.74, 6) is 0.551. The van der Waals surface area contributed by atoms with Gasteiger partial charge in [0.05, 0.1) is 34.0 Å². The third-order valence-corrected chi connectivity index (χ3v) is 7.09. The number of hydrogen-bond acceptors (Lipinski definition) is 13. The van der Waals surface area contributed by atoms with Crippen molar-refractivity contribution < 1.29 is 51.7 Å². The van der Waals surface area contributed by atoms with Gasteiger partial charge in [0, 0.05) is 18.3 Å². The van der Waals surface area contributed by atoms with Crippen LogP contribution in [0.15, 0.2) is 41.3 Å². The van der Waals surface area contributed by atoms with Gasteiger partial charge in [-0.05, 0) is 22.4 Å². The number of nitro groups is 2. The molecule has 204 valence electrons. The number of ether oxygens (including phenoxy) is 2. The predicted octanol–water partition coefficient (Wildman–Crippen LogP) is 1.54. The molecule has 0 aromatic heterocycles. The summed E-state index contributed by atoms with van der Waals surface area (Å²) in [5, 5.41) is 40.8. The molecule has 2 aromatic carbocycles. The number of nitro benzene ring substituents is 2. The first-order chi connectivity index (χ1) is 17.2. The Kier molecular flexibility index (Phi) is 9.70. The van der Waals surface area contributed by atoms with Crippen molar-refractivity contribution in [2.24, 2.45) is 0 Å². The van der Waals surface area contributed by atoms with Crippen LogP contribution in [0.4, 0.5) is 17.1 Å². The van der Waals surface area contributed by atoms with Crippen LogP contribution in [-0.4, -0.2) is 82.1 Å². The van der Waals surface area contributed by atoms with Crippen LogP contribution < -0.4 is 9.47 Å². The van der Waals surface area contributed by atoms with Crippen LogP contribution in [0.25, 0.3) is 0 Å². The first-order valence-corrected chi connectivity index (χ1v) is 14.1. The van der Waals surface area contributed by atoms with Gasteiger partial charge in [0.2, 0.25) is 4.90 Å². The van der Waals surface area contributed by atoms with Crippen molar-refractivity contribution in [3.63, 3.8) is 0 Å². The van der Waals surface area contributed by atoms with Gasteiger partial charge in [0.25, 0.3) is 10.6 Å². The summed E-state index contributed by atoms with van der Waals surface area (Å²) < 4.78 is 51.4. The van der Waals surface area contributed by atoms with Crippen molar-refractivity contribution in [1.29, 1.82) is 0 Å². The molecule has 0 fully saturated rings. The normalized spacial score (nSPS) is 12.9. The van der Waals surface area contributed by atoms with Gasteiger partial charge in [-0.1, -0.05) is 12.1 Å². The van der Waals surface area contributed by atoms with Gasteiger partial charge >= 0.3 is 11.4 Å². The van der Waals surface area contributed by atoms with E-state index in [1.807, 2.05) is 0 Å². The Bertz CT molecular complexity index is 1280. The standard InChI is InChI=1S/C19H23N3O13S2/c1-36(2,8-7-33-17-5-3-4-6-18(17)34-12-14(24)11-23)35-22(29)16-10-13(20(25)26)9-15(21(27)28)19(16)37(30,31)32/h3-6,9-10,14,23-24H,7-8,11-12H2,1-2H3. The van der Waals surface area contributed by atoms with Crippen LogP contribution in [0.1, 0.15) is 0 Å². The highest BCUT2D eigenvalue weighted by Gasteiger charge is 2.40. The molecule has 0 amide bonds. The molecule has 18 heteroatoms. The van der Waals surface area contributed by atoms with Gasteiger partial charge in [0.1, 0.15) is 28.9 Å². The summed E-state index contributed by atoms with van der Waals surface area (Å²) in [6.45, 7) is -0.782. The molecule has 1 atom stereocenters. The minimum Gasteiger partial charge on any atom is -0.744 e. The third kappa shape index (κ3) is 8.22. The van der Waals surface area contributed by atoms with E-state index < -0.39 is 69.9 Å². The Morgan fingerprint density at radius 3 is 2.05 bits per heavy atom. The zero-order chi connectivity index (χ0) is 28.0. The predicted molar refractivity (Wildman–Crippen MR) is 127 cm³/mol. The molecular weight excluding hydrogens is 542 g/mol. The number of non-ortho nitro benzene ring substituents is 1. The SMILES string of the molecule is CS(C)(CCOc1ccccc1OCC(O)CO)O[N+](=O)c1cc([N+](=O)[O-])cc([N+](=O)[O-])c1S(=O)(=O)[O-]. The summed E-state index contributed by atoms with van der Waals surface area (Å²) in [7, 11) is -8.05. The summed E-state index contributed by atoms with van der Waals surface area (Å²) in [6.07, 6.45) is 1.80. The lowest BCUT2D eigenvalue weighted by Crippen LogP contribution is -2.21. The number of aliphatic hydroxyl groups is 2. The number of aliphatic hydroxyl groups excluding tert-OH is 2. The maximum absolute atomic E-state index is 12.7. The zero-order valence-electron chi connectivity index (χ0n) is 19.4. The van der Waals surface area contributed by atoms with Crippen LogP contribution in [0, 0.1) is 25.1 Å². The molecule has 16 nitrogen and oxygen atoms in total. The van der Waals surface area contributed by atoms with Crippen LogP contribution >= 0.6 is 10.3 Å². The second-order valence-electron chi connectivity index (χ2n) is 7.70. The second-order valence-corrected chi connectivity index (χ2v) is 12.4. The molecule has 0 saturated carbocycles. The Morgan fingerprint density at radius 1 is 0.973 bits per heavy atom. The van der Waals surface area contributed by atoms with E-state index >= 15 is 0 Å². The quantitative estimate of drug-likeness (QED) is 0.188. The molecule has 0 aliphatic carbocycles. The first-order valence-electron chi connectivity index (χ1n) is 10.1. The highest BCUT2D eigenvalue weighted by molar-refractivity contribution is 8.28. The van der Waals surface area contributed by atoms with Crippen molar-refractivity contribution in [3.05, 3.63) is 61.5 Å². The number of benzene rings is 2. The van der Waals surface area contributed by atoms with Gasteiger partial charge in [-0.2, -0.15) is 4.28 Å². The molecule has 0 aliphatic heterocycles. The van der Waals surface area contributed by atoms with Gasteiger partial charge < -0.3 is 24.2 Å². The molecule has 0 radical (unpaired) electrons. The maximum atomic E-state index is 12.7. The van der Waals surface area contributed by atoms with E-state index in [9.17, 15) is 43.2 Å². The lowest BCUT2D eigenvalue weighted by Gasteiger charge is -2.24. The molecule has 2 rings (SSSR count). The number of hydrogen-bond donors (Lipinski definition) is 2. The highest BCUT2D eigenvalue weighted by Crippen LogP contribution is 2.45. The van der Waals surface area contributed by atoms with Gasteiger partial charge in [-0.25, -0.2) is 8.42 Å². The molecule has 2 N–H and O–H groups in total. The minimum atomic E-state index is -5.62. The molecule has 0 spiro atoms. The average molecular weight is 566 g/mol. The van der Waals surface area contributed by atoms with E-state index in [0.29, 0.717) is 6.07 Å². The average Bonchev–Trinajstić information content (AvgIpc) is 2.81. The molecule has 0 saturated heterocycles. The molecule has 0 heterocycles. The Labute approximate surface area is 211 Å². The monoisotopic (exact) mass is 565 g/mol. The fourth-order valence-corrected chi connectivity index (χ4v) is 4.54. The van der Waals surface area contributed by atoms with Crippen molar-refractivity contribution in [2.45, 2.75) is 11.0 Å². The number of rotatable bonds is 14. The van der Waals surface area contributed by atoms with Gasteiger partial charge in [0.15, 0.2) is 11.5 Å². The number of para-hydroxylation sites is 2. The van der Waals surface area contributed by atoms with E-state index in [0.717, 1.165) is 0 Å². The largest absolute Gasteiger partial charge is 0.744 e. The third-order valence-electron chi connectivity index (χ3n) is 4.48. The lowest BCUT2D eigenvalue weighted by atomic mass is 10.2. The second kappa shape index (κ2) is 12.1. The summed E-state index contributed by atoms with van der Waals surface area (Å²) in [4.78, 5) is 30.7. The van der Waals surface area contributed by atoms with E-state index in [-0.39, 0.29) is 36.5 Å². The molecular formula is C19H23N3O13S2. The van der Waals surface area contributed by atoms with Crippen LogP contribution in [0.3, 0.4) is 0 Å². The highest BCUT2D eigenvalue weighted by atomic mass is 32.3. The van der Waals surface area contributed by atoms with E-state index in [1.54, 1.807) is 24.3 Å². The van der Waals surface area contributed by atoms with Crippen LogP contribution in [0.5, 0.6) is 11.5 Å². The fraction of sp³-hybridized carbons (Fsp3) is 0.368. The Morgan fingerprint density at radius 2 is 1.54 bits per heavy atom. The van der Waals surface area contributed by atoms with E-state index in [1.165, 1.54) is 12.5 Å². The first kappa shape index (κ1) is 29.6. The fourth-order valence-electron chi connectivity index (χ4n) is 2.76. The summed E-state index contributed by atoms with van der Waals surface area (Å²) in [6, 6.07) is 7.03. The van der Waals surface area contributed by atoms with Crippen molar-refractivity contribution in [1.82, 2.24) is 0 Å². The minimum absolute atomic E-state index is 0.0375. The molecule has 0 aliphatic rings. The molecule has 37 heavy (non-hydrogen) atoms. The maximum Gasteiger partial charge on any atom is 0.349 e. The lowest BCUT2D eigenvalue weighted by molar-refractivity contribution is -0.698.